The minimum Gasteiger partial charge on any atom is -0.339 e. The minimum absolute atomic E-state index is 0.104. The Morgan fingerprint density at radius 2 is 2.19 bits per heavy atom. The largest absolute Gasteiger partial charge is 0.339 e. The van der Waals surface area contributed by atoms with Crippen LogP contribution in [-0.4, -0.2) is 16.7 Å². The first kappa shape index (κ1) is 14.5. The molecule has 2 N–H and O–H groups in total. The maximum Gasteiger partial charge on any atom is 0.227 e. The molecule has 0 amide bonds. The number of benzene rings is 1. The average Bonchev–Trinajstić information content (AvgIpc) is 2.87. The van der Waals surface area contributed by atoms with Crippen molar-refractivity contribution in [2.24, 2.45) is 11.1 Å². The molecule has 0 spiro atoms. The third-order valence-electron chi connectivity index (χ3n) is 4.26. The molecule has 1 heterocycles. The van der Waals surface area contributed by atoms with Crippen LogP contribution in [0, 0.1) is 11.2 Å². The van der Waals surface area contributed by atoms with Gasteiger partial charge in [0.25, 0.3) is 0 Å². The Morgan fingerprint density at radius 3 is 2.86 bits per heavy atom. The molecule has 0 unspecified atom stereocenters. The Labute approximate surface area is 127 Å². The van der Waals surface area contributed by atoms with Gasteiger partial charge in [-0.3, -0.25) is 0 Å². The molecule has 1 aliphatic carbocycles. The molecule has 0 atom stereocenters. The van der Waals surface area contributed by atoms with Crippen LogP contribution in [-0.2, 0) is 12.8 Å². The van der Waals surface area contributed by atoms with Crippen molar-refractivity contribution in [3.63, 3.8) is 0 Å². The van der Waals surface area contributed by atoms with Gasteiger partial charge in [-0.2, -0.15) is 4.98 Å². The van der Waals surface area contributed by atoms with Crippen LogP contribution in [0.5, 0.6) is 0 Å². The van der Waals surface area contributed by atoms with Crippen LogP contribution in [0.2, 0.25) is 5.02 Å². The summed E-state index contributed by atoms with van der Waals surface area (Å²) in [5.41, 5.74) is 6.41. The molecule has 0 bridgehead atoms. The van der Waals surface area contributed by atoms with Crippen LogP contribution < -0.4 is 5.73 Å². The number of hydrogen-bond acceptors (Lipinski definition) is 4. The van der Waals surface area contributed by atoms with Crippen molar-refractivity contribution in [1.82, 2.24) is 10.1 Å². The van der Waals surface area contributed by atoms with Gasteiger partial charge in [-0.25, -0.2) is 4.39 Å². The quantitative estimate of drug-likeness (QED) is 0.921. The highest BCUT2D eigenvalue weighted by molar-refractivity contribution is 6.30. The van der Waals surface area contributed by atoms with E-state index in [0.29, 0.717) is 30.2 Å². The molecule has 2 aromatic rings. The third kappa shape index (κ3) is 2.94. The molecular formula is C15H17ClFN3O. The van der Waals surface area contributed by atoms with E-state index in [2.05, 4.69) is 10.1 Å². The van der Waals surface area contributed by atoms with E-state index in [1.807, 2.05) is 0 Å². The molecule has 1 aromatic heterocycles. The van der Waals surface area contributed by atoms with Crippen molar-refractivity contribution in [1.29, 1.82) is 0 Å². The second-order valence-electron chi connectivity index (χ2n) is 5.73. The highest BCUT2D eigenvalue weighted by Crippen LogP contribution is 2.42. The zero-order chi connectivity index (χ0) is 14.9. The van der Waals surface area contributed by atoms with E-state index < -0.39 is 5.82 Å². The SMILES string of the molecule is NCC1(Cc2nc(Cc3cccc(Cl)c3F)no2)CCC1. The first-order chi connectivity index (χ1) is 10.1. The molecule has 1 saturated carbocycles. The van der Waals surface area contributed by atoms with E-state index in [-0.39, 0.29) is 16.9 Å². The molecule has 4 nitrogen and oxygen atoms in total. The predicted octanol–water partition coefficient (Wildman–Crippen LogP) is 3.12. The normalized spacial score (nSPS) is 16.7. The first-order valence-electron chi connectivity index (χ1n) is 7.06. The molecule has 21 heavy (non-hydrogen) atoms. The summed E-state index contributed by atoms with van der Waals surface area (Å²) in [5.74, 6) is 0.623. The average molecular weight is 310 g/mol. The zero-order valence-corrected chi connectivity index (χ0v) is 12.4. The molecule has 6 heteroatoms. The highest BCUT2D eigenvalue weighted by Gasteiger charge is 2.37. The van der Waals surface area contributed by atoms with Gasteiger partial charge >= 0.3 is 0 Å². The number of halogens is 2. The third-order valence-corrected chi connectivity index (χ3v) is 4.56. The van der Waals surface area contributed by atoms with Crippen LogP contribution in [0.4, 0.5) is 4.39 Å². The Bertz CT molecular complexity index is 634. The van der Waals surface area contributed by atoms with Crippen LogP contribution in [0.25, 0.3) is 0 Å². The van der Waals surface area contributed by atoms with Crippen LogP contribution in [0.3, 0.4) is 0 Å². The van der Waals surface area contributed by atoms with Crippen molar-refractivity contribution in [3.8, 4) is 0 Å². The summed E-state index contributed by atoms with van der Waals surface area (Å²) in [4.78, 5) is 4.35. The fourth-order valence-corrected chi connectivity index (χ4v) is 2.93. The number of aromatic nitrogens is 2. The molecule has 0 saturated heterocycles. The maximum absolute atomic E-state index is 13.8. The van der Waals surface area contributed by atoms with E-state index in [9.17, 15) is 4.39 Å². The summed E-state index contributed by atoms with van der Waals surface area (Å²) in [5, 5.41) is 4.03. The molecule has 0 radical (unpaired) electrons. The van der Waals surface area contributed by atoms with Crippen molar-refractivity contribution in [2.75, 3.05) is 6.54 Å². The van der Waals surface area contributed by atoms with Gasteiger partial charge in [-0.05, 0) is 36.4 Å². The zero-order valence-electron chi connectivity index (χ0n) is 11.6. The first-order valence-corrected chi connectivity index (χ1v) is 7.44. The molecule has 1 fully saturated rings. The fraction of sp³-hybridized carbons (Fsp3) is 0.467. The summed E-state index contributed by atoms with van der Waals surface area (Å²) < 4.78 is 19.1. The lowest BCUT2D eigenvalue weighted by molar-refractivity contribution is 0.129. The number of nitrogens with two attached hydrogens (primary N) is 1. The van der Waals surface area contributed by atoms with Gasteiger partial charge < -0.3 is 10.3 Å². The smallest absolute Gasteiger partial charge is 0.227 e. The van der Waals surface area contributed by atoms with Gasteiger partial charge in [0.15, 0.2) is 5.82 Å². The lowest BCUT2D eigenvalue weighted by atomic mass is 9.67. The summed E-state index contributed by atoms with van der Waals surface area (Å²) in [7, 11) is 0. The van der Waals surface area contributed by atoms with Gasteiger partial charge in [-0.15, -0.1) is 0 Å². The molecule has 1 aliphatic rings. The standard InChI is InChI=1S/C15H17ClFN3O/c16-11-4-1-3-10(14(11)17)7-12-19-13(21-20-12)8-15(9-18)5-2-6-15/h1,3-4H,2,5-9,18H2. The highest BCUT2D eigenvalue weighted by atomic mass is 35.5. The summed E-state index contributed by atoms with van der Waals surface area (Å²) in [6, 6.07) is 4.90. The van der Waals surface area contributed by atoms with E-state index >= 15 is 0 Å². The Morgan fingerprint density at radius 1 is 1.38 bits per heavy atom. The Balaban J connectivity index is 1.72. The monoisotopic (exact) mass is 309 g/mol. The summed E-state index contributed by atoms with van der Waals surface area (Å²) in [6.45, 7) is 0.633. The molecule has 0 aliphatic heterocycles. The van der Waals surface area contributed by atoms with Gasteiger partial charge in [0, 0.05) is 12.8 Å². The van der Waals surface area contributed by atoms with Crippen LogP contribution >= 0.6 is 11.6 Å². The molecule has 112 valence electrons. The van der Waals surface area contributed by atoms with Crippen LogP contribution in [0.1, 0.15) is 36.5 Å². The molecule has 1 aromatic carbocycles. The van der Waals surface area contributed by atoms with E-state index in [1.165, 1.54) is 12.5 Å². The minimum atomic E-state index is -0.428. The van der Waals surface area contributed by atoms with Crippen LogP contribution in [0.15, 0.2) is 22.7 Å². The second kappa shape index (κ2) is 5.73. The predicted molar refractivity (Wildman–Crippen MR) is 77.6 cm³/mol. The van der Waals surface area contributed by atoms with E-state index in [0.717, 1.165) is 12.8 Å². The van der Waals surface area contributed by atoms with Crippen molar-refractivity contribution in [3.05, 3.63) is 46.3 Å². The van der Waals surface area contributed by atoms with Crippen molar-refractivity contribution >= 4 is 11.6 Å². The topological polar surface area (TPSA) is 64.9 Å². The fourth-order valence-electron chi connectivity index (χ4n) is 2.74. The Hall–Kier alpha value is -1.46. The van der Waals surface area contributed by atoms with Crippen molar-refractivity contribution in [2.45, 2.75) is 32.1 Å². The molecule has 3 rings (SSSR count). The number of rotatable bonds is 5. The maximum atomic E-state index is 13.8. The van der Waals surface area contributed by atoms with E-state index in [1.54, 1.807) is 12.1 Å². The Kier molecular flexibility index (Phi) is 3.95. The van der Waals surface area contributed by atoms with Gasteiger partial charge in [0.2, 0.25) is 5.89 Å². The number of nitrogens with zero attached hydrogens (tertiary/aromatic N) is 2. The lowest BCUT2D eigenvalue weighted by Crippen LogP contribution is -2.39. The second-order valence-corrected chi connectivity index (χ2v) is 6.14. The van der Waals surface area contributed by atoms with Gasteiger partial charge in [-0.1, -0.05) is 35.3 Å². The van der Waals surface area contributed by atoms with Gasteiger partial charge in [0.05, 0.1) is 5.02 Å². The lowest BCUT2D eigenvalue weighted by Gasteiger charge is -2.39. The van der Waals surface area contributed by atoms with Crippen molar-refractivity contribution < 1.29 is 8.91 Å². The summed E-state index contributed by atoms with van der Waals surface area (Å²) in [6.07, 6.45) is 4.38. The summed E-state index contributed by atoms with van der Waals surface area (Å²) >= 11 is 5.76. The number of hydrogen-bond donors (Lipinski definition) is 1. The van der Waals surface area contributed by atoms with Gasteiger partial charge in [0.1, 0.15) is 5.82 Å². The van der Waals surface area contributed by atoms with E-state index in [4.69, 9.17) is 21.9 Å². The molecular weight excluding hydrogens is 293 g/mol.